The van der Waals surface area contributed by atoms with Gasteiger partial charge in [0.1, 0.15) is 4.88 Å². The summed E-state index contributed by atoms with van der Waals surface area (Å²) in [6.45, 7) is 2.07. The summed E-state index contributed by atoms with van der Waals surface area (Å²) >= 11 is 1.24. The Morgan fingerprint density at radius 3 is 2.75 bits per heavy atom. The van der Waals surface area contributed by atoms with Crippen LogP contribution in [0.5, 0.6) is 0 Å². The average molecular weight is 443 g/mol. The number of benzene rings is 1. The highest BCUT2D eigenvalue weighted by molar-refractivity contribution is 7.17. The third-order valence-electron chi connectivity index (χ3n) is 4.77. The van der Waals surface area contributed by atoms with Gasteiger partial charge in [-0.3, -0.25) is 9.20 Å². The SMILES string of the molecule is Cc1nc(-c2ncccn2)sc1C(=O)Nc1cccc(Cn2nc3ccccn3c2=O)c1. The molecule has 0 spiro atoms. The maximum Gasteiger partial charge on any atom is 0.350 e. The van der Waals surface area contributed by atoms with Crippen LogP contribution in [0.4, 0.5) is 5.69 Å². The number of rotatable bonds is 5. The summed E-state index contributed by atoms with van der Waals surface area (Å²) in [6, 6.07) is 14.5. The average Bonchev–Trinajstić information content (AvgIpc) is 3.35. The van der Waals surface area contributed by atoms with Crippen molar-refractivity contribution >= 4 is 28.6 Å². The molecule has 1 aromatic carbocycles. The highest BCUT2D eigenvalue weighted by Gasteiger charge is 2.18. The van der Waals surface area contributed by atoms with Crippen LogP contribution in [0.15, 0.2) is 71.9 Å². The summed E-state index contributed by atoms with van der Waals surface area (Å²) in [6.07, 6.45) is 4.96. The minimum atomic E-state index is -0.260. The van der Waals surface area contributed by atoms with Crippen LogP contribution in [0.3, 0.4) is 0 Å². The lowest BCUT2D eigenvalue weighted by Gasteiger charge is -2.07. The van der Waals surface area contributed by atoms with Crippen molar-refractivity contribution in [1.82, 2.24) is 29.1 Å². The van der Waals surface area contributed by atoms with Crippen molar-refractivity contribution < 1.29 is 4.79 Å². The van der Waals surface area contributed by atoms with Gasteiger partial charge >= 0.3 is 5.69 Å². The lowest BCUT2D eigenvalue weighted by molar-refractivity contribution is 0.103. The number of aryl methyl sites for hydroxylation is 1. The maximum absolute atomic E-state index is 12.9. The molecule has 4 heterocycles. The standard InChI is InChI=1S/C22H17N7O2S/c1-14-18(32-21(25-14)19-23-9-5-10-24-19)20(30)26-16-7-4-6-15(12-16)13-29-22(31)28-11-3-2-8-17(28)27-29/h2-12H,13H2,1H3,(H,26,30). The molecule has 0 fully saturated rings. The van der Waals surface area contributed by atoms with E-state index in [4.69, 9.17) is 0 Å². The minimum Gasteiger partial charge on any atom is -0.321 e. The van der Waals surface area contributed by atoms with Crippen molar-refractivity contribution in [2.75, 3.05) is 5.32 Å². The number of nitrogens with one attached hydrogen (secondary N) is 1. The molecule has 1 amide bonds. The molecule has 0 unspecified atom stereocenters. The molecular weight excluding hydrogens is 426 g/mol. The number of anilines is 1. The number of carbonyl (C=O) groups excluding carboxylic acids is 1. The lowest BCUT2D eigenvalue weighted by atomic mass is 10.2. The molecule has 0 saturated heterocycles. The Morgan fingerprint density at radius 2 is 1.94 bits per heavy atom. The number of hydrogen-bond donors (Lipinski definition) is 1. The molecule has 0 bridgehead atoms. The van der Waals surface area contributed by atoms with Crippen LogP contribution in [0.2, 0.25) is 0 Å². The van der Waals surface area contributed by atoms with Crippen molar-refractivity contribution in [3.8, 4) is 10.8 Å². The van der Waals surface area contributed by atoms with Crippen molar-refractivity contribution in [3.05, 3.63) is 93.7 Å². The normalized spacial score (nSPS) is 11.0. The van der Waals surface area contributed by atoms with Gasteiger partial charge in [-0.2, -0.15) is 0 Å². The van der Waals surface area contributed by atoms with E-state index in [1.54, 1.807) is 49.8 Å². The number of pyridine rings is 1. The topological polar surface area (TPSA) is 107 Å². The van der Waals surface area contributed by atoms with Gasteiger partial charge in [-0.05, 0) is 42.8 Å². The molecule has 10 heteroatoms. The lowest BCUT2D eigenvalue weighted by Crippen LogP contribution is -2.21. The Kier molecular flexibility index (Phi) is 5.04. The smallest absolute Gasteiger partial charge is 0.321 e. The van der Waals surface area contributed by atoms with Crippen molar-refractivity contribution in [1.29, 1.82) is 0 Å². The first-order valence-corrected chi connectivity index (χ1v) is 10.6. The fraction of sp³-hybridized carbons (Fsp3) is 0.0909. The molecule has 0 aliphatic carbocycles. The Balaban J connectivity index is 1.36. The first kappa shape index (κ1) is 19.8. The zero-order valence-electron chi connectivity index (χ0n) is 17.0. The van der Waals surface area contributed by atoms with Crippen LogP contribution >= 0.6 is 11.3 Å². The van der Waals surface area contributed by atoms with E-state index in [1.165, 1.54) is 20.4 Å². The number of fused-ring (bicyclic) bond motifs is 1. The first-order chi connectivity index (χ1) is 15.6. The molecule has 5 aromatic rings. The molecule has 1 N–H and O–H groups in total. The van der Waals surface area contributed by atoms with Gasteiger partial charge in [-0.1, -0.05) is 18.2 Å². The van der Waals surface area contributed by atoms with Crippen LogP contribution in [0.1, 0.15) is 20.9 Å². The molecule has 5 rings (SSSR count). The zero-order chi connectivity index (χ0) is 22.1. The Morgan fingerprint density at radius 1 is 1.09 bits per heavy atom. The zero-order valence-corrected chi connectivity index (χ0v) is 17.8. The predicted molar refractivity (Wildman–Crippen MR) is 121 cm³/mol. The van der Waals surface area contributed by atoms with E-state index in [0.717, 1.165) is 5.56 Å². The van der Waals surface area contributed by atoms with Gasteiger partial charge in [-0.25, -0.2) is 24.4 Å². The van der Waals surface area contributed by atoms with Crippen LogP contribution in [-0.4, -0.2) is 35.0 Å². The second kappa shape index (κ2) is 8.16. The van der Waals surface area contributed by atoms with Gasteiger partial charge in [0.2, 0.25) is 0 Å². The quantitative estimate of drug-likeness (QED) is 0.447. The molecule has 32 heavy (non-hydrogen) atoms. The van der Waals surface area contributed by atoms with E-state index in [1.807, 2.05) is 24.3 Å². The highest BCUT2D eigenvalue weighted by atomic mass is 32.1. The van der Waals surface area contributed by atoms with E-state index >= 15 is 0 Å². The van der Waals surface area contributed by atoms with Gasteiger partial charge in [0.05, 0.1) is 12.2 Å². The molecule has 0 atom stereocenters. The Bertz CT molecular complexity index is 1490. The molecule has 158 valence electrons. The van der Waals surface area contributed by atoms with E-state index in [2.05, 4.69) is 25.4 Å². The first-order valence-electron chi connectivity index (χ1n) is 9.78. The second-order valence-electron chi connectivity index (χ2n) is 7.03. The second-order valence-corrected chi connectivity index (χ2v) is 8.03. The summed E-state index contributed by atoms with van der Waals surface area (Å²) in [5, 5.41) is 7.85. The van der Waals surface area contributed by atoms with Crippen LogP contribution in [0.25, 0.3) is 16.5 Å². The molecule has 0 aliphatic rings. The summed E-state index contributed by atoms with van der Waals surface area (Å²) < 4.78 is 2.89. The number of nitrogens with zero attached hydrogens (tertiary/aromatic N) is 6. The molecule has 9 nitrogen and oxygen atoms in total. The van der Waals surface area contributed by atoms with E-state index < -0.39 is 0 Å². The Labute approximate surface area is 186 Å². The molecule has 0 aliphatic heterocycles. The Hall–Kier alpha value is -4.18. The summed E-state index contributed by atoms with van der Waals surface area (Å²) in [5.74, 6) is 0.226. The number of thiazole rings is 1. The van der Waals surface area contributed by atoms with Crippen LogP contribution < -0.4 is 11.0 Å². The van der Waals surface area contributed by atoms with Crippen molar-refractivity contribution in [3.63, 3.8) is 0 Å². The van der Waals surface area contributed by atoms with E-state index in [0.29, 0.717) is 39.3 Å². The monoisotopic (exact) mass is 443 g/mol. The number of amides is 1. The van der Waals surface area contributed by atoms with Gasteiger partial charge in [0.25, 0.3) is 5.91 Å². The summed E-state index contributed by atoms with van der Waals surface area (Å²) in [5.41, 5.74) is 2.44. The minimum absolute atomic E-state index is 0.217. The van der Waals surface area contributed by atoms with Gasteiger partial charge in [-0.15, -0.1) is 16.4 Å². The largest absolute Gasteiger partial charge is 0.350 e. The van der Waals surface area contributed by atoms with Gasteiger partial charge in [0, 0.05) is 24.3 Å². The number of carbonyl (C=O) groups is 1. The molecule has 4 aromatic heterocycles. The molecule has 0 saturated carbocycles. The molecule has 0 radical (unpaired) electrons. The van der Waals surface area contributed by atoms with Gasteiger partial charge < -0.3 is 5.32 Å². The van der Waals surface area contributed by atoms with Crippen LogP contribution in [0, 0.1) is 6.92 Å². The van der Waals surface area contributed by atoms with Crippen molar-refractivity contribution in [2.45, 2.75) is 13.5 Å². The van der Waals surface area contributed by atoms with E-state index in [9.17, 15) is 9.59 Å². The highest BCUT2D eigenvalue weighted by Crippen LogP contribution is 2.26. The van der Waals surface area contributed by atoms with Gasteiger partial charge in [0.15, 0.2) is 16.5 Å². The summed E-state index contributed by atoms with van der Waals surface area (Å²) in [7, 11) is 0. The third kappa shape index (κ3) is 3.79. The van der Waals surface area contributed by atoms with Crippen LogP contribution in [-0.2, 0) is 6.54 Å². The number of hydrogen-bond acceptors (Lipinski definition) is 7. The number of aromatic nitrogens is 6. The third-order valence-corrected chi connectivity index (χ3v) is 5.92. The van der Waals surface area contributed by atoms with Crippen molar-refractivity contribution in [2.24, 2.45) is 0 Å². The van der Waals surface area contributed by atoms with E-state index in [-0.39, 0.29) is 11.6 Å². The predicted octanol–water partition coefficient (Wildman–Crippen LogP) is 3.02. The maximum atomic E-state index is 12.9. The summed E-state index contributed by atoms with van der Waals surface area (Å²) in [4.78, 5) is 38.7. The fourth-order valence-corrected chi connectivity index (χ4v) is 4.20. The fourth-order valence-electron chi connectivity index (χ4n) is 3.29. The molecular formula is C22H17N7O2S.